The predicted molar refractivity (Wildman–Crippen MR) is 174 cm³/mol. The Morgan fingerprint density at radius 2 is 1.07 bits per heavy atom. The van der Waals surface area contributed by atoms with Crippen molar-refractivity contribution in [1.29, 1.82) is 0 Å². The molecule has 0 aromatic heterocycles. The highest BCUT2D eigenvalue weighted by atomic mass is 16.6. The van der Waals surface area contributed by atoms with Gasteiger partial charge < -0.3 is 28.4 Å². The van der Waals surface area contributed by atoms with E-state index in [1.165, 1.54) is 6.08 Å². The average molecular weight is 624 g/mol. The third-order valence-electron chi connectivity index (χ3n) is 7.48. The standard InChI is InChI=1S/C38H41NO7/c1-2-23-42-38(40)39-37-36(45-27-32-21-13-6-14-22-32)35(44-26-31-19-11-5-12-20-31)34(43-25-30-17-9-4-10-18-30)33(46-37)28-41-24-29-15-7-3-8-16-29/h2-22,33-37H,1,23-28H2,(H,39,40)/t33-,34-,35+,36-,37?/m1/s1. The molecule has 1 aliphatic heterocycles. The number of carbonyl (C=O) groups excluding carboxylic acids is 1. The van der Waals surface area contributed by atoms with Gasteiger partial charge in [-0.15, -0.1) is 0 Å². The molecule has 46 heavy (non-hydrogen) atoms. The zero-order valence-corrected chi connectivity index (χ0v) is 25.8. The predicted octanol–water partition coefficient (Wildman–Crippen LogP) is 6.60. The summed E-state index contributed by atoms with van der Waals surface area (Å²) >= 11 is 0. The minimum Gasteiger partial charge on any atom is -0.445 e. The zero-order chi connectivity index (χ0) is 31.8. The van der Waals surface area contributed by atoms with Crippen LogP contribution in [0.2, 0.25) is 0 Å². The first-order chi connectivity index (χ1) is 22.7. The molecule has 0 bridgehead atoms. The van der Waals surface area contributed by atoms with Gasteiger partial charge in [-0.25, -0.2) is 4.79 Å². The van der Waals surface area contributed by atoms with Gasteiger partial charge in [-0.1, -0.05) is 134 Å². The van der Waals surface area contributed by atoms with E-state index < -0.39 is 36.7 Å². The minimum absolute atomic E-state index is 0.0501. The summed E-state index contributed by atoms with van der Waals surface area (Å²) in [4.78, 5) is 12.9. The number of hydrogen-bond donors (Lipinski definition) is 1. The number of nitrogens with one attached hydrogen (secondary N) is 1. The number of benzene rings is 4. The van der Waals surface area contributed by atoms with Gasteiger partial charge in [-0.3, -0.25) is 5.32 Å². The molecule has 8 heteroatoms. The van der Waals surface area contributed by atoms with E-state index in [0.717, 1.165) is 22.3 Å². The lowest BCUT2D eigenvalue weighted by Crippen LogP contribution is -2.65. The topological polar surface area (TPSA) is 84.5 Å². The summed E-state index contributed by atoms with van der Waals surface area (Å²) in [7, 11) is 0. The van der Waals surface area contributed by atoms with Crippen molar-refractivity contribution < 1.29 is 33.2 Å². The van der Waals surface area contributed by atoms with Gasteiger partial charge in [0.15, 0.2) is 6.23 Å². The monoisotopic (exact) mass is 623 g/mol. The van der Waals surface area contributed by atoms with E-state index >= 15 is 0 Å². The molecule has 0 radical (unpaired) electrons. The number of rotatable bonds is 16. The summed E-state index contributed by atoms with van der Waals surface area (Å²) in [5.74, 6) is 0. The lowest BCUT2D eigenvalue weighted by Gasteiger charge is -2.46. The number of carbonyl (C=O) groups is 1. The van der Waals surface area contributed by atoms with Crippen LogP contribution in [0.3, 0.4) is 0 Å². The van der Waals surface area contributed by atoms with Crippen molar-refractivity contribution in [2.45, 2.75) is 57.1 Å². The molecule has 4 aromatic carbocycles. The van der Waals surface area contributed by atoms with Gasteiger partial charge in [-0.2, -0.15) is 0 Å². The molecule has 1 aliphatic rings. The van der Waals surface area contributed by atoms with E-state index in [4.69, 9.17) is 28.4 Å². The highest BCUT2D eigenvalue weighted by Gasteiger charge is 2.49. The first-order valence-corrected chi connectivity index (χ1v) is 15.5. The van der Waals surface area contributed by atoms with Crippen molar-refractivity contribution >= 4 is 6.09 Å². The largest absolute Gasteiger partial charge is 0.445 e. The van der Waals surface area contributed by atoms with Gasteiger partial charge in [0.25, 0.3) is 0 Å². The number of hydrogen-bond acceptors (Lipinski definition) is 7. The molecule has 4 aromatic rings. The van der Waals surface area contributed by atoms with Crippen LogP contribution < -0.4 is 5.32 Å². The fourth-order valence-electron chi connectivity index (χ4n) is 5.20. The molecule has 1 heterocycles. The van der Waals surface area contributed by atoms with Crippen molar-refractivity contribution in [3.05, 3.63) is 156 Å². The Hall–Kier alpha value is -4.31. The van der Waals surface area contributed by atoms with Gasteiger partial charge in [0.1, 0.15) is 31.0 Å². The Bertz CT molecular complexity index is 1440. The Balaban J connectivity index is 1.44. The van der Waals surface area contributed by atoms with Crippen LogP contribution in [-0.2, 0) is 54.8 Å². The molecule has 0 saturated carbocycles. The van der Waals surface area contributed by atoms with Crippen LogP contribution in [0.4, 0.5) is 4.79 Å². The van der Waals surface area contributed by atoms with Crippen LogP contribution in [0.25, 0.3) is 0 Å². The minimum atomic E-state index is -0.927. The maximum absolute atomic E-state index is 12.9. The average Bonchev–Trinajstić information content (AvgIpc) is 3.10. The summed E-state index contributed by atoms with van der Waals surface area (Å²) in [5, 5.41) is 2.85. The molecule has 1 amide bonds. The van der Waals surface area contributed by atoms with Gasteiger partial charge >= 0.3 is 6.09 Å². The number of alkyl carbamates (subject to hydrolysis) is 1. The molecule has 0 aliphatic carbocycles. The van der Waals surface area contributed by atoms with Crippen molar-refractivity contribution in [1.82, 2.24) is 5.32 Å². The SMILES string of the molecule is C=CCOC(=O)NC1O[C@H](COCc2ccccc2)[C@@H](OCc2ccccc2)[C@H](OCc2ccccc2)[C@H]1OCc1ccccc1. The van der Waals surface area contributed by atoms with E-state index in [1.807, 2.05) is 121 Å². The van der Waals surface area contributed by atoms with Crippen LogP contribution >= 0.6 is 0 Å². The molecule has 0 spiro atoms. The summed E-state index contributed by atoms with van der Waals surface area (Å²) in [6, 6.07) is 39.6. The van der Waals surface area contributed by atoms with E-state index in [0.29, 0.717) is 19.8 Å². The maximum Gasteiger partial charge on any atom is 0.409 e. The fourth-order valence-corrected chi connectivity index (χ4v) is 5.20. The molecular formula is C38H41NO7. The third-order valence-corrected chi connectivity index (χ3v) is 7.48. The maximum atomic E-state index is 12.9. The second-order valence-corrected chi connectivity index (χ2v) is 10.9. The highest BCUT2D eigenvalue weighted by molar-refractivity contribution is 5.67. The quantitative estimate of drug-likeness (QED) is 0.141. The number of amides is 1. The zero-order valence-electron chi connectivity index (χ0n) is 25.8. The summed E-state index contributed by atoms with van der Waals surface area (Å²) in [6.07, 6.45) is -2.72. The third kappa shape index (κ3) is 10.1. The molecule has 240 valence electrons. The molecule has 8 nitrogen and oxygen atoms in total. The van der Waals surface area contributed by atoms with E-state index in [1.54, 1.807) is 0 Å². The van der Waals surface area contributed by atoms with Gasteiger partial charge in [0.05, 0.1) is 33.0 Å². The van der Waals surface area contributed by atoms with E-state index in [-0.39, 0.29) is 19.8 Å². The molecule has 5 rings (SSSR count). The highest BCUT2D eigenvalue weighted by Crippen LogP contribution is 2.30. The Labute approximate surface area is 270 Å². The van der Waals surface area contributed by atoms with Crippen LogP contribution in [-0.4, -0.2) is 50.0 Å². The molecule has 1 N–H and O–H groups in total. The van der Waals surface area contributed by atoms with Crippen LogP contribution in [0.5, 0.6) is 0 Å². The van der Waals surface area contributed by atoms with Gasteiger partial charge in [-0.05, 0) is 22.3 Å². The van der Waals surface area contributed by atoms with Crippen molar-refractivity contribution in [3.8, 4) is 0 Å². The summed E-state index contributed by atoms with van der Waals surface area (Å²) in [5.41, 5.74) is 3.99. The van der Waals surface area contributed by atoms with Gasteiger partial charge in [0, 0.05) is 0 Å². The summed E-state index contributed by atoms with van der Waals surface area (Å²) < 4.78 is 37.8. The normalized spacial score (nSPS) is 20.9. The first kappa shape index (κ1) is 33.1. The van der Waals surface area contributed by atoms with Crippen molar-refractivity contribution in [3.63, 3.8) is 0 Å². The molecular weight excluding hydrogens is 582 g/mol. The lowest BCUT2D eigenvalue weighted by atomic mass is 9.97. The Kier molecular flexibility index (Phi) is 12.9. The number of ether oxygens (including phenoxy) is 6. The molecule has 1 fully saturated rings. The van der Waals surface area contributed by atoms with Crippen LogP contribution in [0, 0.1) is 0 Å². The van der Waals surface area contributed by atoms with Crippen LogP contribution in [0.1, 0.15) is 22.3 Å². The summed E-state index contributed by atoms with van der Waals surface area (Å²) in [6.45, 7) is 5.14. The molecule has 1 saturated heterocycles. The first-order valence-electron chi connectivity index (χ1n) is 15.5. The lowest BCUT2D eigenvalue weighted by molar-refractivity contribution is -0.276. The Morgan fingerprint density at radius 1 is 0.630 bits per heavy atom. The van der Waals surface area contributed by atoms with Crippen LogP contribution in [0.15, 0.2) is 134 Å². The van der Waals surface area contributed by atoms with E-state index in [2.05, 4.69) is 11.9 Å². The Morgan fingerprint density at radius 3 is 1.54 bits per heavy atom. The molecule has 5 atom stereocenters. The second-order valence-electron chi connectivity index (χ2n) is 10.9. The van der Waals surface area contributed by atoms with Gasteiger partial charge in [0.2, 0.25) is 0 Å². The van der Waals surface area contributed by atoms with E-state index in [9.17, 15) is 4.79 Å². The smallest absolute Gasteiger partial charge is 0.409 e. The second kappa shape index (κ2) is 18.0. The van der Waals surface area contributed by atoms with Crippen molar-refractivity contribution in [2.24, 2.45) is 0 Å². The van der Waals surface area contributed by atoms with Crippen molar-refractivity contribution in [2.75, 3.05) is 13.2 Å². The molecule has 1 unspecified atom stereocenters. The fraction of sp³-hybridized carbons (Fsp3) is 0.289.